The lowest BCUT2D eigenvalue weighted by molar-refractivity contribution is -0.0297. The Labute approximate surface area is 189 Å². The molecule has 2 N–H and O–H groups in total. The molecule has 0 aliphatic heterocycles. The fourth-order valence-corrected chi connectivity index (χ4v) is 3.45. The third-order valence-electron chi connectivity index (χ3n) is 5.11. The van der Waals surface area contributed by atoms with E-state index in [-0.39, 0.29) is 18.7 Å². The number of rotatable bonds is 9. The fraction of sp³-hybridized carbons (Fsp3) is 0.208. The third-order valence-corrected chi connectivity index (χ3v) is 5.11. The van der Waals surface area contributed by atoms with Gasteiger partial charge in [0.2, 0.25) is 0 Å². The highest BCUT2D eigenvalue weighted by molar-refractivity contribution is 5.64. The van der Waals surface area contributed by atoms with Crippen LogP contribution in [-0.2, 0) is 12.1 Å². The normalized spacial score (nSPS) is 12.8. The zero-order valence-corrected chi connectivity index (χ0v) is 17.9. The van der Waals surface area contributed by atoms with E-state index >= 15 is 0 Å². The third kappa shape index (κ3) is 5.32. The summed E-state index contributed by atoms with van der Waals surface area (Å²) in [5.41, 5.74) is -0.0154. The highest BCUT2D eigenvalue weighted by Gasteiger charge is 2.34. The number of benzene rings is 2. The van der Waals surface area contributed by atoms with Gasteiger partial charge in [-0.25, -0.2) is 23.4 Å². The summed E-state index contributed by atoms with van der Waals surface area (Å²) in [4.78, 5) is 8.21. The van der Waals surface area contributed by atoms with E-state index in [1.807, 2.05) is 31.2 Å². The molecular formula is C24H23F2N5O2. The molecule has 2 aromatic heterocycles. The molecular weight excluding hydrogens is 428 g/mol. The lowest BCUT2D eigenvalue weighted by Crippen LogP contribution is -2.39. The molecule has 0 aliphatic rings. The lowest BCUT2D eigenvalue weighted by Gasteiger charge is -2.29. The standard InChI is InChI=1S/C24H23F2N5O2/c1-2-28-23-10-5-18(12-29-23)17-3-7-20(8-4-17)33-14-24(32,13-31-16-27-15-30-31)21-9-6-19(25)11-22(21)26/h3-12,15-16,32H,2,13-14H2,1H3,(H,28,29). The van der Waals surface area contributed by atoms with Gasteiger partial charge in [0.15, 0.2) is 0 Å². The highest BCUT2D eigenvalue weighted by Crippen LogP contribution is 2.29. The van der Waals surface area contributed by atoms with E-state index in [9.17, 15) is 13.9 Å². The monoisotopic (exact) mass is 451 g/mol. The molecule has 0 fully saturated rings. The first kappa shape index (κ1) is 22.3. The molecule has 4 aromatic rings. The molecule has 4 rings (SSSR count). The second kappa shape index (κ2) is 9.74. The maximum absolute atomic E-state index is 14.5. The van der Waals surface area contributed by atoms with Crippen LogP contribution in [0.15, 0.2) is 73.4 Å². The SMILES string of the molecule is CCNc1ccc(-c2ccc(OCC(O)(Cn3cncn3)c3ccc(F)cc3F)cc2)cn1. The summed E-state index contributed by atoms with van der Waals surface area (Å²) in [7, 11) is 0. The Bertz CT molecular complexity index is 1180. The fourth-order valence-electron chi connectivity index (χ4n) is 3.45. The minimum Gasteiger partial charge on any atom is -0.490 e. The molecule has 9 heteroatoms. The Balaban J connectivity index is 1.51. The van der Waals surface area contributed by atoms with Crippen molar-refractivity contribution < 1.29 is 18.6 Å². The van der Waals surface area contributed by atoms with E-state index in [0.717, 1.165) is 35.6 Å². The highest BCUT2D eigenvalue weighted by atomic mass is 19.1. The first-order chi connectivity index (χ1) is 16.0. The molecule has 0 saturated carbocycles. The molecule has 2 aromatic carbocycles. The number of ether oxygens (including phenoxy) is 1. The second-order valence-electron chi connectivity index (χ2n) is 7.52. The van der Waals surface area contributed by atoms with Gasteiger partial charge in [0.25, 0.3) is 0 Å². The summed E-state index contributed by atoms with van der Waals surface area (Å²) in [6.07, 6.45) is 4.49. The maximum atomic E-state index is 14.5. The Kier molecular flexibility index (Phi) is 6.60. The van der Waals surface area contributed by atoms with Crippen LogP contribution in [0.5, 0.6) is 5.75 Å². The van der Waals surface area contributed by atoms with E-state index in [2.05, 4.69) is 20.4 Å². The Morgan fingerprint density at radius 2 is 1.85 bits per heavy atom. The zero-order valence-electron chi connectivity index (χ0n) is 17.9. The average Bonchev–Trinajstić information content (AvgIpc) is 3.31. The number of nitrogens with one attached hydrogen (secondary N) is 1. The molecule has 2 heterocycles. The predicted molar refractivity (Wildman–Crippen MR) is 120 cm³/mol. The van der Waals surface area contributed by atoms with E-state index in [1.54, 1.807) is 18.3 Å². The van der Waals surface area contributed by atoms with Gasteiger partial charge in [-0.3, -0.25) is 0 Å². The van der Waals surface area contributed by atoms with Crippen molar-refractivity contribution in [3.63, 3.8) is 0 Å². The second-order valence-corrected chi connectivity index (χ2v) is 7.52. The maximum Gasteiger partial charge on any atom is 0.146 e. The van der Waals surface area contributed by atoms with Crippen LogP contribution >= 0.6 is 0 Å². The van der Waals surface area contributed by atoms with Gasteiger partial charge in [0.05, 0.1) is 6.54 Å². The van der Waals surface area contributed by atoms with Crippen molar-refractivity contribution in [1.29, 1.82) is 0 Å². The van der Waals surface area contributed by atoms with E-state index in [1.165, 1.54) is 23.4 Å². The van der Waals surface area contributed by atoms with Crippen molar-refractivity contribution in [2.24, 2.45) is 0 Å². The average molecular weight is 451 g/mol. The van der Waals surface area contributed by atoms with Gasteiger partial charge < -0.3 is 15.2 Å². The Morgan fingerprint density at radius 3 is 2.48 bits per heavy atom. The molecule has 170 valence electrons. The summed E-state index contributed by atoms with van der Waals surface area (Å²) in [5, 5.41) is 18.4. The van der Waals surface area contributed by atoms with Gasteiger partial charge in [0, 0.05) is 29.9 Å². The van der Waals surface area contributed by atoms with Crippen LogP contribution in [0.1, 0.15) is 12.5 Å². The van der Waals surface area contributed by atoms with Gasteiger partial charge in [0.1, 0.15) is 48.1 Å². The molecule has 1 atom stereocenters. The van der Waals surface area contributed by atoms with Crippen LogP contribution < -0.4 is 10.1 Å². The van der Waals surface area contributed by atoms with Crippen LogP contribution in [0.3, 0.4) is 0 Å². The molecule has 1 unspecified atom stereocenters. The largest absolute Gasteiger partial charge is 0.490 e. The van der Waals surface area contributed by atoms with E-state index in [0.29, 0.717) is 5.75 Å². The predicted octanol–water partition coefficient (Wildman–Crippen LogP) is 4.02. The Hall–Kier alpha value is -3.85. The van der Waals surface area contributed by atoms with Crippen LogP contribution in [0.2, 0.25) is 0 Å². The number of aliphatic hydroxyl groups is 1. The summed E-state index contributed by atoms with van der Waals surface area (Å²) < 4.78 is 35.1. The molecule has 0 spiro atoms. The van der Waals surface area contributed by atoms with E-state index < -0.39 is 17.2 Å². The zero-order chi connectivity index (χ0) is 23.3. The van der Waals surface area contributed by atoms with Crippen molar-refractivity contribution in [3.05, 3.63) is 90.6 Å². The van der Waals surface area contributed by atoms with Gasteiger partial charge >= 0.3 is 0 Å². The van der Waals surface area contributed by atoms with Crippen LogP contribution in [-0.4, -0.2) is 38.0 Å². The number of aromatic nitrogens is 4. The van der Waals surface area contributed by atoms with Crippen LogP contribution in [0.25, 0.3) is 11.1 Å². The molecule has 0 aliphatic carbocycles. The number of pyridine rings is 1. The van der Waals surface area contributed by atoms with Gasteiger partial charge in [-0.2, -0.15) is 5.10 Å². The molecule has 33 heavy (non-hydrogen) atoms. The van der Waals surface area contributed by atoms with Gasteiger partial charge in [-0.15, -0.1) is 0 Å². The van der Waals surface area contributed by atoms with Crippen molar-refractivity contribution in [3.8, 4) is 16.9 Å². The number of hydrogen-bond acceptors (Lipinski definition) is 6. The molecule has 0 saturated heterocycles. The Morgan fingerprint density at radius 1 is 1.06 bits per heavy atom. The minimum atomic E-state index is -1.81. The van der Waals surface area contributed by atoms with Crippen molar-refractivity contribution in [1.82, 2.24) is 19.7 Å². The van der Waals surface area contributed by atoms with E-state index in [4.69, 9.17) is 4.74 Å². The first-order valence-electron chi connectivity index (χ1n) is 10.4. The minimum absolute atomic E-state index is 0.0946. The molecule has 0 amide bonds. The number of hydrogen-bond donors (Lipinski definition) is 2. The molecule has 7 nitrogen and oxygen atoms in total. The number of anilines is 1. The van der Waals surface area contributed by atoms with Crippen LogP contribution in [0.4, 0.5) is 14.6 Å². The summed E-state index contributed by atoms with van der Waals surface area (Å²) in [5.74, 6) is -0.314. The lowest BCUT2D eigenvalue weighted by atomic mass is 9.94. The summed E-state index contributed by atoms with van der Waals surface area (Å²) in [6.45, 7) is 2.39. The number of nitrogens with zero attached hydrogens (tertiary/aromatic N) is 4. The number of halogens is 2. The molecule has 0 bridgehead atoms. The summed E-state index contributed by atoms with van der Waals surface area (Å²) >= 11 is 0. The first-order valence-corrected chi connectivity index (χ1v) is 10.4. The summed E-state index contributed by atoms with van der Waals surface area (Å²) in [6, 6.07) is 14.1. The van der Waals surface area contributed by atoms with Crippen LogP contribution in [0, 0.1) is 11.6 Å². The smallest absolute Gasteiger partial charge is 0.146 e. The quantitative estimate of drug-likeness (QED) is 0.400. The van der Waals surface area contributed by atoms with Gasteiger partial charge in [-0.05, 0) is 42.8 Å². The van der Waals surface area contributed by atoms with Crippen molar-refractivity contribution >= 4 is 5.82 Å². The van der Waals surface area contributed by atoms with Crippen molar-refractivity contribution in [2.75, 3.05) is 18.5 Å². The van der Waals surface area contributed by atoms with Gasteiger partial charge in [-0.1, -0.05) is 18.2 Å². The topological polar surface area (TPSA) is 85.1 Å². The van der Waals surface area contributed by atoms with Crippen molar-refractivity contribution in [2.45, 2.75) is 19.1 Å². The molecule has 0 radical (unpaired) electrons.